The number of nitrogens with two attached hydrogens (primary N) is 1. The third-order valence-electron chi connectivity index (χ3n) is 3.66. The zero-order valence-corrected chi connectivity index (χ0v) is 13.7. The molecule has 0 bridgehead atoms. The molecular formula is C17H16N4OS. The van der Waals surface area contributed by atoms with E-state index in [-0.39, 0.29) is 17.9 Å². The SMILES string of the molecule is CC#Cc1cncc(-c2csc(C3CC(=O)N(C)C(N)=N3)c2)c1. The summed E-state index contributed by atoms with van der Waals surface area (Å²) in [5.41, 5.74) is 8.74. The van der Waals surface area contributed by atoms with Crippen LogP contribution in [0.5, 0.6) is 0 Å². The molecule has 0 aromatic carbocycles. The van der Waals surface area contributed by atoms with Crippen molar-refractivity contribution in [3.63, 3.8) is 0 Å². The first-order valence-electron chi connectivity index (χ1n) is 7.15. The number of hydrogen-bond acceptors (Lipinski definition) is 5. The molecule has 1 amide bonds. The molecule has 0 spiro atoms. The van der Waals surface area contributed by atoms with Crippen molar-refractivity contribution < 1.29 is 4.79 Å². The van der Waals surface area contributed by atoms with Gasteiger partial charge in [0, 0.05) is 35.4 Å². The molecule has 0 fully saturated rings. The summed E-state index contributed by atoms with van der Waals surface area (Å²) in [5, 5.41) is 2.05. The van der Waals surface area contributed by atoms with Gasteiger partial charge in [-0.2, -0.15) is 0 Å². The second-order valence-corrected chi connectivity index (χ2v) is 6.18. The summed E-state index contributed by atoms with van der Waals surface area (Å²) in [6.45, 7) is 1.80. The second-order valence-electron chi connectivity index (χ2n) is 5.24. The minimum atomic E-state index is -0.205. The van der Waals surface area contributed by atoms with Gasteiger partial charge in [0.25, 0.3) is 0 Å². The van der Waals surface area contributed by atoms with E-state index in [9.17, 15) is 4.79 Å². The van der Waals surface area contributed by atoms with Crippen LogP contribution in [0, 0.1) is 11.8 Å². The highest BCUT2D eigenvalue weighted by molar-refractivity contribution is 7.10. The summed E-state index contributed by atoms with van der Waals surface area (Å²) in [6, 6.07) is 3.85. The Morgan fingerprint density at radius 3 is 2.91 bits per heavy atom. The van der Waals surface area contributed by atoms with Crippen molar-refractivity contribution in [2.45, 2.75) is 19.4 Å². The molecule has 1 aliphatic rings. The predicted octanol–water partition coefficient (Wildman–Crippen LogP) is 2.40. The highest BCUT2D eigenvalue weighted by Gasteiger charge is 2.26. The fourth-order valence-corrected chi connectivity index (χ4v) is 3.33. The molecule has 3 heterocycles. The maximum atomic E-state index is 11.9. The lowest BCUT2D eigenvalue weighted by atomic mass is 10.1. The summed E-state index contributed by atoms with van der Waals surface area (Å²) < 4.78 is 0. The van der Waals surface area contributed by atoms with E-state index >= 15 is 0 Å². The van der Waals surface area contributed by atoms with Crippen molar-refractivity contribution in [3.05, 3.63) is 40.3 Å². The molecule has 23 heavy (non-hydrogen) atoms. The van der Waals surface area contributed by atoms with Crippen LogP contribution in [0.25, 0.3) is 11.1 Å². The third-order valence-corrected chi connectivity index (χ3v) is 4.70. The minimum Gasteiger partial charge on any atom is -0.369 e. The Bertz CT molecular complexity index is 844. The van der Waals surface area contributed by atoms with Gasteiger partial charge in [-0.1, -0.05) is 5.92 Å². The van der Waals surface area contributed by atoms with Gasteiger partial charge in [-0.15, -0.1) is 17.3 Å². The normalized spacial score (nSPS) is 17.5. The van der Waals surface area contributed by atoms with Gasteiger partial charge in [0.1, 0.15) is 0 Å². The number of rotatable bonds is 2. The predicted molar refractivity (Wildman–Crippen MR) is 91.9 cm³/mol. The Labute approximate surface area is 138 Å². The first kappa shape index (κ1) is 15.3. The number of carbonyl (C=O) groups is 1. The van der Waals surface area contributed by atoms with E-state index in [0.29, 0.717) is 6.42 Å². The zero-order valence-electron chi connectivity index (χ0n) is 12.9. The van der Waals surface area contributed by atoms with E-state index in [1.807, 2.05) is 23.7 Å². The highest BCUT2D eigenvalue weighted by Crippen LogP contribution is 2.34. The molecule has 2 N–H and O–H groups in total. The molecule has 1 aliphatic heterocycles. The van der Waals surface area contributed by atoms with E-state index in [0.717, 1.165) is 21.6 Å². The molecule has 6 heteroatoms. The van der Waals surface area contributed by atoms with Crippen molar-refractivity contribution in [2.75, 3.05) is 7.05 Å². The van der Waals surface area contributed by atoms with Crippen LogP contribution in [0.15, 0.2) is 34.9 Å². The van der Waals surface area contributed by atoms with Gasteiger partial charge < -0.3 is 5.73 Å². The van der Waals surface area contributed by atoms with E-state index in [1.54, 1.807) is 31.5 Å². The van der Waals surface area contributed by atoms with E-state index < -0.39 is 0 Å². The Hall–Kier alpha value is -2.65. The maximum Gasteiger partial charge on any atom is 0.231 e. The molecule has 1 atom stereocenters. The number of hydrogen-bond donors (Lipinski definition) is 1. The zero-order chi connectivity index (χ0) is 16.4. The van der Waals surface area contributed by atoms with Gasteiger partial charge in [-0.25, -0.2) is 4.99 Å². The first-order valence-corrected chi connectivity index (χ1v) is 8.03. The topological polar surface area (TPSA) is 71.6 Å². The Kier molecular flexibility index (Phi) is 4.13. The minimum absolute atomic E-state index is 0.0145. The van der Waals surface area contributed by atoms with E-state index in [2.05, 4.69) is 21.8 Å². The molecule has 0 saturated carbocycles. The number of pyridine rings is 1. The Morgan fingerprint density at radius 1 is 1.35 bits per heavy atom. The fourth-order valence-electron chi connectivity index (χ4n) is 2.38. The molecule has 2 aromatic rings. The van der Waals surface area contributed by atoms with Crippen molar-refractivity contribution in [1.82, 2.24) is 9.88 Å². The smallest absolute Gasteiger partial charge is 0.231 e. The molecule has 1 unspecified atom stereocenters. The fraction of sp³-hybridized carbons (Fsp3) is 0.235. The van der Waals surface area contributed by atoms with Crippen molar-refractivity contribution in [3.8, 4) is 23.0 Å². The van der Waals surface area contributed by atoms with Crippen LogP contribution in [-0.4, -0.2) is 28.8 Å². The number of carbonyl (C=O) groups excluding carboxylic acids is 1. The Balaban J connectivity index is 1.90. The summed E-state index contributed by atoms with van der Waals surface area (Å²) in [5.74, 6) is 6.13. The van der Waals surface area contributed by atoms with E-state index in [4.69, 9.17) is 5.73 Å². The molecule has 0 saturated heterocycles. The molecule has 0 aliphatic carbocycles. The number of aromatic nitrogens is 1. The quantitative estimate of drug-likeness (QED) is 0.862. The lowest BCUT2D eigenvalue weighted by Crippen LogP contribution is -2.42. The highest BCUT2D eigenvalue weighted by atomic mass is 32.1. The lowest BCUT2D eigenvalue weighted by molar-refractivity contribution is -0.127. The summed E-state index contributed by atoms with van der Waals surface area (Å²) in [7, 11) is 1.64. The standard InChI is InChI=1S/C17H16N4OS/c1-3-4-11-5-12(9-19-8-11)13-6-15(23-10-13)14-7-16(22)21(2)17(18)20-14/h5-6,8-10,14H,7H2,1-2H3,(H2,18,20). The third kappa shape index (κ3) is 3.10. The number of amides is 1. The molecule has 5 nitrogen and oxygen atoms in total. The largest absolute Gasteiger partial charge is 0.369 e. The summed E-state index contributed by atoms with van der Waals surface area (Å²) >= 11 is 1.58. The second kappa shape index (κ2) is 6.23. The van der Waals surface area contributed by atoms with Crippen LogP contribution in [0.3, 0.4) is 0 Å². The average Bonchev–Trinajstić information content (AvgIpc) is 3.03. The first-order chi connectivity index (χ1) is 11.1. The van der Waals surface area contributed by atoms with Gasteiger partial charge in [-0.3, -0.25) is 14.7 Å². The monoisotopic (exact) mass is 324 g/mol. The van der Waals surface area contributed by atoms with Crippen LogP contribution in [0.4, 0.5) is 0 Å². The van der Waals surface area contributed by atoms with Gasteiger partial charge in [-0.05, 0) is 30.0 Å². The molecule has 2 aromatic heterocycles. The molecular weight excluding hydrogens is 308 g/mol. The van der Waals surface area contributed by atoms with Crippen LogP contribution >= 0.6 is 11.3 Å². The van der Waals surface area contributed by atoms with Gasteiger partial charge in [0.15, 0.2) is 5.96 Å². The van der Waals surface area contributed by atoms with Gasteiger partial charge >= 0.3 is 0 Å². The maximum absolute atomic E-state index is 11.9. The van der Waals surface area contributed by atoms with Crippen molar-refractivity contribution in [1.29, 1.82) is 0 Å². The summed E-state index contributed by atoms with van der Waals surface area (Å²) in [4.78, 5) is 23.0. The van der Waals surface area contributed by atoms with Crippen LogP contribution < -0.4 is 5.73 Å². The van der Waals surface area contributed by atoms with Crippen molar-refractivity contribution in [2.24, 2.45) is 10.7 Å². The average molecular weight is 324 g/mol. The number of guanidine groups is 1. The molecule has 116 valence electrons. The van der Waals surface area contributed by atoms with Crippen LogP contribution in [-0.2, 0) is 4.79 Å². The number of aliphatic imine (C=N–C) groups is 1. The number of nitrogens with zero attached hydrogens (tertiary/aromatic N) is 3. The molecule has 3 rings (SSSR count). The van der Waals surface area contributed by atoms with Crippen LogP contribution in [0.2, 0.25) is 0 Å². The van der Waals surface area contributed by atoms with Crippen molar-refractivity contribution >= 4 is 23.2 Å². The molecule has 0 radical (unpaired) electrons. The van der Waals surface area contributed by atoms with E-state index in [1.165, 1.54) is 4.90 Å². The van der Waals surface area contributed by atoms with Gasteiger partial charge in [0.2, 0.25) is 5.91 Å². The Morgan fingerprint density at radius 2 is 2.17 bits per heavy atom. The van der Waals surface area contributed by atoms with Gasteiger partial charge in [0.05, 0.1) is 12.5 Å². The number of thiophene rings is 1. The van der Waals surface area contributed by atoms with Crippen LogP contribution in [0.1, 0.15) is 29.8 Å². The lowest BCUT2D eigenvalue weighted by Gasteiger charge is -2.24. The summed E-state index contributed by atoms with van der Waals surface area (Å²) in [6.07, 6.45) is 3.90.